The molecule has 0 fully saturated rings. The van der Waals surface area contributed by atoms with Gasteiger partial charge in [0.1, 0.15) is 6.61 Å². The van der Waals surface area contributed by atoms with Gasteiger partial charge in [-0.1, -0.05) is 30.3 Å². The number of methoxy groups -OCH3 is 1. The Hall–Kier alpha value is -1.39. The molecular weight excluding hydrogens is 194 g/mol. The minimum atomic E-state index is -0.215. The van der Waals surface area contributed by atoms with Gasteiger partial charge < -0.3 is 15.6 Å². The van der Waals surface area contributed by atoms with Crippen molar-refractivity contribution in [3.63, 3.8) is 0 Å². The Bertz CT molecular complexity index is 274. The third-order valence-corrected chi connectivity index (χ3v) is 1.74. The maximum absolute atomic E-state index is 11.2. The van der Waals surface area contributed by atoms with Gasteiger partial charge in [-0.3, -0.25) is 4.79 Å². The zero-order valence-electron chi connectivity index (χ0n) is 8.94. The summed E-state index contributed by atoms with van der Waals surface area (Å²) >= 11 is 0. The van der Waals surface area contributed by atoms with Crippen LogP contribution in [-0.2, 0) is 20.7 Å². The lowest BCUT2D eigenvalue weighted by Crippen LogP contribution is -2.11. The van der Waals surface area contributed by atoms with Crippen LogP contribution in [0.4, 0.5) is 0 Å². The molecule has 0 radical (unpaired) electrons. The molecule has 4 nitrogen and oxygen atoms in total. The van der Waals surface area contributed by atoms with Crippen molar-refractivity contribution in [3.8, 4) is 0 Å². The highest BCUT2D eigenvalue weighted by molar-refractivity contribution is 5.72. The molecule has 0 unspecified atom stereocenters. The van der Waals surface area contributed by atoms with E-state index in [0.717, 1.165) is 5.56 Å². The standard InChI is InChI=1S/C11H14O3.H3N/c1-13-7-8-14-11(12)9-10-5-3-2-4-6-10;/h2-6H,7-9H2,1H3;1H3. The van der Waals surface area contributed by atoms with Crippen molar-refractivity contribution < 1.29 is 14.3 Å². The van der Waals surface area contributed by atoms with E-state index in [1.807, 2.05) is 30.3 Å². The largest absolute Gasteiger partial charge is 0.463 e. The van der Waals surface area contributed by atoms with Gasteiger partial charge in [0, 0.05) is 7.11 Å². The Morgan fingerprint density at radius 2 is 1.87 bits per heavy atom. The van der Waals surface area contributed by atoms with Gasteiger partial charge in [-0.25, -0.2) is 0 Å². The predicted octanol–water partition coefficient (Wildman–Crippen LogP) is 1.58. The van der Waals surface area contributed by atoms with E-state index in [4.69, 9.17) is 9.47 Å². The second kappa shape index (κ2) is 7.96. The number of hydrogen-bond acceptors (Lipinski definition) is 4. The summed E-state index contributed by atoms with van der Waals surface area (Å²) in [4.78, 5) is 11.2. The van der Waals surface area contributed by atoms with Gasteiger partial charge in [0.15, 0.2) is 0 Å². The molecule has 0 heterocycles. The van der Waals surface area contributed by atoms with E-state index in [2.05, 4.69) is 0 Å². The second-order valence-corrected chi connectivity index (χ2v) is 2.88. The molecule has 0 aliphatic heterocycles. The normalized spacial score (nSPS) is 9.13. The third kappa shape index (κ3) is 5.83. The van der Waals surface area contributed by atoms with Crippen LogP contribution in [0.3, 0.4) is 0 Å². The monoisotopic (exact) mass is 211 g/mol. The first-order chi connectivity index (χ1) is 6.83. The highest BCUT2D eigenvalue weighted by atomic mass is 16.6. The minimum Gasteiger partial charge on any atom is -0.463 e. The lowest BCUT2D eigenvalue weighted by Gasteiger charge is -2.03. The Kier molecular flexibility index (Phi) is 7.23. The quantitative estimate of drug-likeness (QED) is 0.593. The molecule has 0 aliphatic rings. The van der Waals surface area contributed by atoms with Gasteiger partial charge >= 0.3 is 5.97 Å². The zero-order valence-corrected chi connectivity index (χ0v) is 8.94. The van der Waals surface area contributed by atoms with Gasteiger partial charge in [-0.05, 0) is 5.56 Å². The molecule has 0 aromatic heterocycles. The highest BCUT2D eigenvalue weighted by Gasteiger charge is 2.03. The van der Waals surface area contributed by atoms with Crippen LogP contribution in [0.15, 0.2) is 30.3 Å². The van der Waals surface area contributed by atoms with Crippen LogP contribution in [0.25, 0.3) is 0 Å². The van der Waals surface area contributed by atoms with Gasteiger partial charge in [-0.2, -0.15) is 0 Å². The smallest absolute Gasteiger partial charge is 0.310 e. The Labute approximate surface area is 89.8 Å². The van der Waals surface area contributed by atoms with Crippen molar-refractivity contribution in [1.29, 1.82) is 0 Å². The van der Waals surface area contributed by atoms with Crippen LogP contribution in [0.5, 0.6) is 0 Å². The van der Waals surface area contributed by atoms with E-state index in [-0.39, 0.29) is 12.1 Å². The van der Waals surface area contributed by atoms with E-state index < -0.39 is 0 Å². The van der Waals surface area contributed by atoms with Crippen LogP contribution >= 0.6 is 0 Å². The van der Waals surface area contributed by atoms with Crippen molar-refractivity contribution in [2.75, 3.05) is 20.3 Å². The molecule has 0 atom stereocenters. The van der Waals surface area contributed by atoms with Crippen LogP contribution < -0.4 is 6.15 Å². The summed E-state index contributed by atoms with van der Waals surface area (Å²) in [5.41, 5.74) is 0.968. The second-order valence-electron chi connectivity index (χ2n) is 2.88. The molecule has 0 spiro atoms. The Balaban J connectivity index is 0.00000196. The third-order valence-electron chi connectivity index (χ3n) is 1.74. The Morgan fingerprint density at radius 3 is 2.47 bits per heavy atom. The first kappa shape index (κ1) is 13.6. The summed E-state index contributed by atoms with van der Waals surface area (Å²) in [6.45, 7) is 0.767. The molecule has 4 heteroatoms. The van der Waals surface area contributed by atoms with Crippen LogP contribution in [0.2, 0.25) is 0 Å². The van der Waals surface area contributed by atoms with Crippen LogP contribution in [-0.4, -0.2) is 26.3 Å². The molecular formula is C11H17NO3. The van der Waals surface area contributed by atoms with Crippen molar-refractivity contribution >= 4 is 5.97 Å². The molecule has 3 N–H and O–H groups in total. The van der Waals surface area contributed by atoms with Crippen LogP contribution in [0, 0.1) is 0 Å². The minimum absolute atomic E-state index is 0. The number of ether oxygens (including phenoxy) is 2. The van der Waals surface area contributed by atoms with E-state index in [0.29, 0.717) is 19.6 Å². The molecule has 0 saturated carbocycles. The van der Waals surface area contributed by atoms with E-state index >= 15 is 0 Å². The molecule has 15 heavy (non-hydrogen) atoms. The fourth-order valence-corrected chi connectivity index (χ4v) is 1.05. The average molecular weight is 211 g/mol. The summed E-state index contributed by atoms with van der Waals surface area (Å²) in [6.07, 6.45) is 0.324. The summed E-state index contributed by atoms with van der Waals surface area (Å²) in [5, 5.41) is 0. The van der Waals surface area contributed by atoms with Crippen molar-refractivity contribution in [1.82, 2.24) is 6.15 Å². The van der Waals surface area contributed by atoms with Crippen molar-refractivity contribution in [2.24, 2.45) is 0 Å². The predicted molar refractivity (Wildman–Crippen MR) is 58.0 cm³/mol. The van der Waals surface area contributed by atoms with Gasteiger partial charge in [0.05, 0.1) is 13.0 Å². The first-order valence-corrected chi connectivity index (χ1v) is 4.51. The summed E-state index contributed by atoms with van der Waals surface area (Å²) in [6, 6.07) is 9.52. The maximum Gasteiger partial charge on any atom is 0.310 e. The number of esters is 1. The molecule has 0 bridgehead atoms. The van der Waals surface area contributed by atoms with E-state index in [1.165, 1.54) is 0 Å². The molecule has 1 aromatic rings. The van der Waals surface area contributed by atoms with Gasteiger partial charge in [-0.15, -0.1) is 0 Å². The van der Waals surface area contributed by atoms with Crippen LogP contribution in [0.1, 0.15) is 5.56 Å². The number of benzene rings is 1. The first-order valence-electron chi connectivity index (χ1n) is 4.51. The topological polar surface area (TPSA) is 70.5 Å². The molecule has 1 aromatic carbocycles. The van der Waals surface area contributed by atoms with Crippen molar-refractivity contribution in [3.05, 3.63) is 35.9 Å². The van der Waals surface area contributed by atoms with E-state index in [9.17, 15) is 4.79 Å². The van der Waals surface area contributed by atoms with E-state index in [1.54, 1.807) is 7.11 Å². The lowest BCUT2D eigenvalue weighted by atomic mass is 10.2. The molecule has 0 saturated heterocycles. The average Bonchev–Trinajstić information content (AvgIpc) is 2.20. The highest BCUT2D eigenvalue weighted by Crippen LogP contribution is 2.00. The summed E-state index contributed by atoms with van der Waals surface area (Å²) in [5.74, 6) is -0.215. The van der Waals surface area contributed by atoms with Gasteiger partial charge in [0.25, 0.3) is 0 Å². The SMILES string of the molecule is COCCOC(=O)Cc1ccccc1.N. The number of hydrogen-bond donors (Lipinski definition) is 1. The summed E-state index contributed by atoms with van der Waals surface area (Å²) < 4.78 is 9.69. The zero-order chi connectivity index (χ0) is 10.2. The van der Waals surface area contributed by atoms with Gasteiger partial charge in [0.2, 0.25) is 0 Å². The number of rotatable bonds is 5. The number of carbonyl (C=O) groups excluding carboxylic acids is 1. The van der Waals surface area contributed by atoms with Crippen molar-refractivity contribution in [2.45, 2.75) is 6.42 Å². The Morgan fingerprint density at radius 1 is 1.20 bits per heavy atom. The lowest BCUT2D eigenvalue weighted by molar-refractivity contribution is -0.144. The fourth-order valence-electron chi connectivity index (χ4n) is 1.05. The summed E-state index contributed by atoms with van der Waals surface area (Å²) in [7, 11) is 1.57. The fraction of sp³-hybridized carbons (Fsp3) is 0.364. The molecule has 0 aliphatic carbocycles. The molecule has 1 rings (SSSR count). The number of carbonyl (C=O) groups is 1. The molecule has 0 amide bonds. The maximum atomic E-state index is 11.2. The molecule has 84 valence electrons.